The van der Waals surface area contributed by atoms with Crippen molar-refractivity contribution in [3.05, 3.63) is 23.3 Å². The van der Waals surface area contributed by atoms with Gasteiger partial charge in [0.2, 0.25) is 0 Å². The van der Waals surface area contributed by atoms with Crippen LogP contribution in [0.4, 0.5) is 0 Å². The Labute approximate surface area is 124 Å². The fourth-order valence-corrected chi connectivity index (χ4v) is 3.58. The lowest BCUT2D eigenvalue weighted by atomic mass is 10.0. The highest BCUT2D eigenvalue weighted by Gasteiger charge is 2.02. The lowest BCUT2D eigenvalue weighted by Gasteiger charge is -2.09. The Hall–Kier alpha value is 0.440. The molecule has 0 saturated carbocycles. The van der Waals surface area contributed by atoms with Gasteiger partial charge < -0.3 is 0 Å². The van der Waals surface area contributed by atoms with Gasteiger partial charge in [0.05, 0.1) is 0 Å². The van der Waals surface area contributed by atoms with Crippen LogP contribution in [0.5, 0.6) is 0 Å². The van der Waals surface area contributed by atoms with Gasteiger partial charge in [-0.05, 0) is 52.4 Å². The number of hydrogen-bond acceptors (Lipinski definition) is 0. The van der Waals surface area contributed by atoms with Crippen LogP contribution in [0.2, 0.25) is 0 Å². The first-order valence-electron chi connectivity index (χ1n) is 6.46. The van der Waals surface area contributed by atoms with E-state index >= 15 is 0 Å². The van der Waals surface area contributed by atoms with Crippen LogP contribution >= 0.6 is 31.9 Å². The molecule has 0 heterocycles. The molecule has 0 N–H and O–H groups in total. The first kappa shape index (κ1) is 17.4. The minimum atomic E-state index is 0.490. The van der Waals surface area contributed by atoms with Gasteiger partial charge in [0.1, 0.15) is 0 Å². The zero-order valence-corrected chi connectivity index (χ0v) is 14.8. The van der Waals surface area contributed by atoms with Gasteiger partial charge in [-0.2, -0.15) is 0 Å². The molecule has 0 radical (unpaired) electrons. The minimum absolute atomic E-state index is 0.490. The van der Waals surface area contributed by atoms with E-state index in [2.05, 4.69) is 71.7 Å². The molecule has 0 saturated heterocycles. The quantitative estimate of drug-likeness (QED) is 0.352. The standard InChI is InChI=1S/C15H26Br2/c1-12(2)10-15(17)11-14(4)7-5-6-13(3)8-9-16/h7,10,13,15H,5-6,8-9,11H2,1-4H3/t13-,15?/m1/s1. The molecule has 0 fully saturated rings. The predicted octanol–water partition coefficient (Wildman–Crippen LogP) is 6.25. The number of halogens is 2. The number of hydrogen-bond donors (Lipinski definition) is 0. The molecule has 0 amide bonds. The highest BCUT2D eigenvalue weighted by Crippen LogP contribution is 2.18. The summed E-state index contributed by atoms with van der Waals surface area (Å²) in [5, 5.41) is 1.13. The fourth-order valence-electron chi connectivity index (χ4n) is 1.76. The maximum atomic E-state index is 3.70. The summed E-state index contributed by atoms with van der Waals surface area (Å²) in [6.45, 7) is 8.87. The first-order chi connectivity index (χ1) is 7.95. The van der Waals surface area contributed by atoms with Crippen molar-refractivity contribution >= 4 is 31.9 Å². The van der Waals surface area contributed by atoms with E-state index in [9.17, 15) is 0 Å². The van der Waals surface area contributed by atoms with Crippen molar-refractivity contribution in [2.24, 2.45) is 5.92 Å². The highest BCUT2D eigenvalue weighted by atomic mass is 79.9. The van der Waals surface area contributed by atoms with Gasteiger partial charge in [-0.15, -0.1) is 0 Å². The third-order valence-corrected chi connectivity index (χ3v) is 3.83. The van der Waals surface area contributed by atoms with E-state index in [0.717, 1.165) is 17.7 Å². The van der Waals surface area contributed by atoms with Crippen LogP contribution in [0, 0.1) is 5.92 Å². The van der Waals surface area contributed by atoms with E-state index in [0.29, 0.717) is 4.83 Å². The van der Waals surface area contributed by atoms with Gasteiger partial charge in [0.15, 0.2) is 0 Å². The third-order valence-electron chi connectivity index (χ3n) is 2.79. The topological polar surface area (TPSA) is 0 Å². The van der Waals surface area contributed by atoms with Gasteiger partial charge >= 0.3 is 0 Å². The summed E-state index contributed by atoms with van der Waals surface area (Å²) in [5.74, 6) is 0.830. The zero-order chi connectivity index (χ0) is 13.3. The Bertz CT molecular complexity index is 250. The second-order valence-corrected chi connectivity index (χ2v) is 7.14. The molecule has 0 aromatic rings. The van der Waals surface area contributed by atoms with Crippen molar-refractivity contribution in [3.63, 3.8) is 0 Å². The molecule has 0 aliphatic carbocycles. The largest absolute Gasteiger partial charge is 0.0928 e. The second-order valence-electron chi connectivity index (χ2n) is 5.17. The normalized spacial score (nSPS) is 15.5. The smallest absolute Gasteiger partial charge is 0.0364 e. The predicted molar refractivity (Wildman–Crippen MR) is 87.3 cm³/mol. The fraction of sp³-hybridized carbons (Fsp3) is 0.733. The van der Waals surface area contributed by atoms with Crippen LogP contribution in [0.1, 0.15) is 53.4 Å². The molecule has 2 heteroatoms. The van der Waals surface area contributed by atoms with Crippen LogP contribution in [0.3, 0.4) is 0 Å². The molecular weight excluding hydrogens is 340 g/mol. The summed E-state index contributed by atoms with van der Waals surface area (Å²) in [6, 6.07) is 0. The van der Waals surface area contributed by atoms with E-state index in [4.69, 9.17) is 0 Å². The Morgan fingerprint density at radius 1 is 1.18 bits per heavy atom. The van der Waals surface area contributed by atoms with Crippen molar-refractivity contribution in [1.82, 2.24) is 0 Å². The third kappa shape index (κ3) is 11.3. The molecule has 1 unspecified atom stereocenters. The van der Waals surface area contributed by atoms with Gasteiger partial charge in [-0.3, -0.25) is 0 Å². The van der Waals surface area contributed by atoms with Crippen LogP contribution in [-0.4, -0.2) is 10.2 Å². The first-order valence-corrected chi connectivity index (χ1v) is 8.50. The second kappa shape index (κ2) is 10.4. The molecule has 0 aliphatic rings. The van der Waals surface area contributed by atoms with E-state index in [1.54, 1.807) is 0 Å². The SMILES string of the molecule is CC(C)=CC(Br)CC(C)=CCC[C@@H](C)CCBr. The Morgan fingerprint density at radius 3 is 2.35 bits per heavy atom. The van der Waals surface area contributed by atoms with Gasteiger partial charge in [0.25, 0.3) is 0 Å². The lowest BCUT2D eigenvalue weighted by Crippen LogP contribution is -1.96. The molecule has 0 spiro atoms. The highest BCUT2D eigenvalue weighted by molar-refractivity contribution is 9.09. The molecule has 0 aliphatic heterocycles. The summed E-state index contributed by atoms with van der Waals surface area (Å²) in [5.41, 5.74) is 2.88. The average Bonchev–Trinajstić information content (AvgIpc) is 2.16. The number of allylic oxidation sites excluding steroid dienone is 4. The lowest BCUT2D eigenvalue weighted by molar-refractivity contribution is 0.526. The molecule has 17 heavy (non-hydrogen) atoms. The Kier molecular flexibility index (Phi) is 10.6. The maximum absolute atomic E-state index is 3.70. The van der Waals surface area contributed by atoms with Crippen molar-refractivity contribution < 1.29 is 0 Å². The maximum Gasteiger partial charge on any atom is 0.0364 e. The van der Waals surface area contributed by atoms with Crippen molar-refractivity contribution in [2.75, 3.05) is 5.33 Å². The summed E-state index contributed by atoms with van der Waals surface area (Å²) in [4.78, 5) is 0.490. The molecule has 0 bridgehead atoms. The van der Waals surface area contributed by atoms with Gasteiger partial charge in [0, 0.05) is 10.2 Å². The molecule has 0 aromatic carbocycles. The van der Waals surface area contributed by atoms with E-state index in [1.807, 2.05) is 0 Å². The number of alkyl halides is 2. The Morgan fingerprint density at radius 2 is 1.82 bits per heavy atom. The van der Waals surface area contributed by atoms with Gasteiger partial charge in [-0.1, -0.05) is 62.1 Å². The zero-order valence-electron chi connectivity index (χ0n) is 11.6. The van der Waals surface area contributed by atoms with Crippen LogP contribution < -0.4 is 0 Å². The molecular formula is C15H26Br2. The van der Waals surface area contributed by atoms with E-state index < -0.39 is 0 Å². The van der Waals surface area contributed by atoms with Crippen LogP contribution in [0.25, 0.3) is 0 Å². The monoisotopic (exact) mass is 364 g/mol. The van der Waals surface area contributed by atoms with Crippen LogP contribution in [0.15, 0.2) is 23.3 Å². The van der Waals surface area contributed by atoms with Crippen molar-refractivity contribution in [2.45, 2.75) is 58.2 Å². The van der Waals surface area contributed by atoms with Crippen LogP contribution in [-0.2, 0) is 0 Å². The Balaban J connectivity index is 3.90. The summed E-state index contributed by atoms with van der Waals surface area (Å²) >= 11 is 7.20. The number of rotatable bonds is 8. The van der Waals surface area contributed by atoms with E-state index in [1.165, 1.54) is 30.4 Å². The molecule has 100 valence electrons. The summed E-state index contributed by atoms with van der Waals surface area (Å²) in [7, 11) is 0. The summed E-state index contributed by atoms with van der Waals surface area (Å²) in [6.07, 6.45) is 9.61. The molecule has 0 rings (SSSR count). The van der Waals surface area contributed by atoms with Crippen molar-refractivity contribution in [3.8, 4) is 0 Å². The van der Waals surface area contributed by atoms with E-state index in [-0.39, 0.29) is 0 Å². The molecule has 0 aromatic heterocycles. The average molecular weight is 366 g/mol. The van der Waals surface area contributed by atoms with Crippen molar-refractivity contribution in [1.29, 1.82) is 0 Å². The minimum Gasteiger partial charge on any atom is -0.0928 e. The molecule has 0 nitrogen and oxygen atoms in total. The summed E-state index contributed by atoms with van der Waals surface area (Å²) < 4.78 is 0. The molecule has 2 atom stereocenters. The van der Waals surface area contributed by atoms with Gasteiger partial charge in [-0.25, -0.2) is 0 Å².